The third-order valence-corrected chi connectivity index (χ3v) is 3.74. The quantitative estimate of drug-likeness (QED) is 0.794. The number of hydrogen-bond acceptors (Lipinski definition) is 2. The van der Waals surface area contributed by atoms with E-state index in [2.05, 4.69) is 15.5 Å². The Kier molecular flexibility index (Phi) is 3.49. The molecule has 0 bridgehead atoms. The summed E-state index contributed by atoms with van der Waals surface area (Å²) < 4.78 is 0. The molecule has 5 heteroatoms. The van der Waals surface area contributed by atoms with Gasteiger partial charge in [0.15, 0.2) is 0 Å². The maximum atomic E-state index is 11.8. The number of amides is 1. The van der Waals surface area contributed by atoms with E-state index in [0.717, 1.165) is 18.5 Å². The van der Waals surface area contributed by atoms with Gasteiger partial charge in [0.05, 0.1) is 11.8 Å². The third kappa shape index (κ3) is 2.38. The van der Waals surface area contributed by atoms with Crippen molar-refractivity contribution in [3.05, 3.63) is 17.5 Å². The number of nitrogens with zero attached hydrogens (tertiary/aromatic N) is 1. The maximum Gasteiger partial charge on any atom is 0.254 e. The largest absolute Gasteiger partial charge is 0.352 e. The highest BCUT2D eigenvalue weighted by atomic mass is 35.5. The second-order valence-electron chi connectivity index (χ2n) is 4.33. The Bertz CT molecular complexity index is 377. The number of halogens is 1. The molecular formula is C11H16ClN3O. The van der Waals surface area contributed by atoms with Gasteiger partial charge in [-0.25, -0.2) is 0 Å². The van der Waals surface area contributed by atoms with Crippen LogP contribution in [0.25, 0.3) is 0 Å². The van der Waals surface area contributed by atoms with E-state index < -0.39 is 0 Å². The molecule has 2 rings (SSSR count). The van der Waals surface area contributed by atoms with Crippen molar-refractivity contribution in [1.82, 2.24) is 15.5 Å². The van der Waals surface area contributed by atoms with Gasteiger partial charge < -0.3 is 5.32 Å². The van der Waals surface area contributed by atoms with Crippen molar-refractivity contribution in [3.8, 4) is 0 Å². The highest BCUT2D eigenvalue weighted by molar-refractivity contribution is 6.21. The van der Waals surface area contributed by atoms with Crippen LogP contribution in [-0.2, 0) is 0 Å². The first-order valence-corrected chi connectivity index (χ1v) is 6.04. The zero-order valence-corrected chi connectivity index (χ0v) is 10.0. The zero-order valence-electron chi connectivity index (χ0n) is 9.29. The molecule has 0 aromatic carbocycles. The molecule has 0 spiro atoms. The first-order chi connectivity index (χ1) is 7.68. The van der Waals surface area contributed by atoms with E-state index in [-0.39, 0.29) is 11.3 Å². The lowest BCUT2D eigenvalue weighted by atomic mass is 10.1. The van der Waals surface area contributed by atoms with Crippen molar-refractivity contribution in [2.45, 2.75) is 31.6 Å². The van der Waals surface area contributed by atoms with Gasteiger partial charge in [0.1, 0.15) is 0 Å². The monoisotopic (exact) mass is 241 g/mol. The molecule has 88 valence electrons. The van der Waals surface area contributed by atoms with Gasteiger partial charge in [-0.2, -0.15) is 5.10 Å². The summed E-state index contributed by atoms with van der Waals surface area (Å²) in [5.74, 6) is 0.347. The Hall–Kier alpha value is -1.03. The first-order valence-electron chi connectivity index (χ1n) is 5.60. The van der Waals surface area contributed by atoms with Gasteiger partial charge in [0, 0.05) is 17.6 Å². The van der Waals surface area contributed by atoms with Crippen LogP contribution < -0.4 is 5.32 Å². The number of H-pyrrole nitrogens is 1. The van der Waals surface area contributed by atoms with Crippen LogP contribution in [0.15, 0.2) is 6.20 Å². The Labute approximate surface area is 99.8 Å². The van der Waals surface area contributed by atoms with Crippen molar-refractivity contribution >= 4 is 17.5 Å². The van der Waals surface area contributed by atoms with Gasteiger partial charge in [-0.05, 0) is 25.7 Å². The van der Waals surface area contributed by atoms with Gasteiger partial charge in [-0.3, -0.25) is 9.89 Å². The van der Waals surface area contributed by atoms with Crippen molar-refractivity contribution in [1.29, 1.82) is 0 Å². The minimum absolute atomic E-state index is 0.0676. The second-order valence-corrected chi connectivity index (χ2v) is 4.89. The molecule has 1 fully saturated rings. The molecule has 2 atom stereocenters. The SMILES string of the molecule is Cc1[nH]ncc1C(=O)NCC1CCCC1Cl. The lowest BCUT2D eigenvalue weighted by Crippen LogP contribution is -2.31. The number of aromatic nitrogens is 2. The summed E-state index contributed by atoms with van der Waals surface area (Å²) >= 11 is 6.15. The van der Waals surface area contributed by atoms with Crippen LogP contribution in [0.2, 0.25) is 0 Å². The topological polar surface area (TPSA) is 57.8 Å². The summed E-state index contributed by atoms with van der Waals surface area (Å²) in [6.07, 6.45) is 4.89. The van der Waals surface area contributed by atoms with E-state index in [9.17, 15) is 4.79 Å². The van der Waals surface area contributed by atoms with Gasteiger partial charge >= 0.3 is 0 Å². The number of hydrogen-bond donors (Lipinski definition) is 2. The molecule has 1 heterocycles. The summed E-state index contributed by atoms with van der Waals surface area (Å²) in [5, 5.41) is 9.70. The fraction of sp³-hybridized carbons (Fsp3) is 0.636. The summed E-state index contributed by atoms with van der Waals surface area (Å²) in [4.78, 5) is 11.8. The number of nitrogens with one attached hydrogen (secondary N) is 2. The van der Waals surface area contributed by atoms with Crippen molar-refractivity contribution in [3.63, 3.8) is 0 Å². The molecule has 0 radical (unpaired) electrons. The predicted octanol–water partition coefficient (Wildman–Crippen LogP) is 1.86. The van der Waals surface area contributed by atoms with E-state index in [1.165, 1.54) is 6.42 Å². The fourth-order valence-corrected chi connectivity index (χ4v) is 2.49. The molecule has 1 aliphatic rings. The summed E-state index contributed by atoms with van der Waals surface area (Å²) in [6.45, 7) is 2.50. The van der Waals surface area contributed by atoms with Crippen molar-refractivity contribution in [2.75, 3.05) is 6.54 Å². The minimum atomic E-state index is -0.0676. The summed E-state index contributed by atoms with van der Waals surface area (Å²) in [5.41, 5.74) is 1.41. The average Bonchev–Trinajstić information content (AvgIpc) is 2.84. The number of rotatable bonds is 3. The van der Waals surface area contributed by atoms with Crippen LogP contribution in [0.5, 0.6) is 0 Å². The number of carbonyl (C=O) groups is 1. The maximum absolute atomic E-state index is 11.8. The molecule has 1 saturated carbocycles. The van der Waals surface area contributed by atoms with E-state index in [1.54, 1.807) is 6.20 Å². The van der Waals surface area contributed by atoms with E-state index in [4.69, 9.17) is 11.6 Å². The van der Waals surface area contributed by atoms with Crippen LogP contribution in [0.3, 0.4) is 0 Å². The highest BCUT2D eigenvalue weighted by Gasteiger charge is 2.25. The molecule has 1 aliphatic carbocycles. The van der Waals surface area contributed by atoms with Crippen LogP contribution in [0.4, 0.5) is 0 Å². The smallest absolute Gasteiger partial charge is 0.254 e. The van der Waals surface area contributed by atoms with Gasteiger partial charge in [-0.15, -0.1) is 11.6 Å². The molecular weight excluding hydrogens is 226 g/mol. The second kappa shape index (κ2) is 4.87. The molecule has 0 saturated heterocycles. The minimum Gasteiger partial charge on any atom is -0.352 e. The van der Waals surface area contributed by atoms with E-state index in [0.29, 0.717) is 18.0 Å². The molecule has 1 aromatic heterocycles. The van der Waals surface area contributed by atoms with Gasteiger partial charge in [-0.1, -0.05) is 6.42 Å². The highest BCUT2D eigenvalue weighted by Crippen LogP contribution is 2.29. The summed E-state index contributed by atoms with van der Waals surface area (Å²) in [6, 6.07) is 0. The molecule has 1 amide bonds. The van der Waals surface area contributed by atoms with Crippen LogP contribution in [0.1, 0.15) is 35.3 Å². The zero-order chi connectivity index (χ0) is 11.5. The number of carbonyl (C=O) groups excluding carboxylic acids is 1. The molecule has 2 N–H and O–H groups in total. The normalized spacial score (nSPS) is 24.6. The third-order valence-electron chi connectivity index (χ3n) is 3.17. The molecule has 2 unspecified atom stereocenters. The number of alkyl halides is 1. The van der Waals surface area contributed by atoms with Crippen LogP contribution in [0, 0.1) is 12.8 Å². The lowest BCUT2D eigenvalue weighted by molar-refractivity contribution is 0.0947. The Morgan fingerprint density at radius 1 is 1.69 bits per heavy atom. The van der Waals surface area contributed by atoms with Gasteiger partial charge in [0.25, 0.3) is 5.91 Å². The summed E-state index contributed by atoms with van der Waals surface area (Å²) in [7, 11) is 0. The molecule has 1 aromatic rings. The Morgan fingerprint density at radius 2 is 2.50 bits per heavy atom. The molecule has 4 nitrogen and oxygen atoms in total. The Balaban J connectivity index is 1.86. The average molecular weight is 242 g/mol. The fourth-order valence-electron chi connectivity index (χ4n) is 2.12. The lowest BCUT2D eigenvalue weighted by Gasteiger charge is -2.14. The van der Waals surface area contributed by atoms with E-state index in [1.807, 2.05) is 6.92 Å². The van der Waals surface area contributed by atoms with Gasteiger partial charge in [0.2, 0.25) is 0 Å². The van der Waals surface area contributed by atoms with Crippen LogP contribution >= 0.6 is 11.6 Å². The number of aryl methyl sites for hydroxylation is 1. The van der Waals surface area contributed by atoms with Crippen molar-refractivity contribution in [2.24, 2.45) is 5.92 Å². The number of aromatic amines is 1. The van der Waals surface area contributed by atoms with E-state index >= 15 is 0 Å². The molecule has 16 heavy (non-hydrogen) atoms. The van der Waals surface area contributed by atoms with Crippen LogP contribution in [-0.4, -0.2) is 28.0 Å². The molecule has 0 aliphatic heterocycles. The standard InChI is InChI=1S/C11H16ClN3O/c1-7-9(6-14-15-7)11(16)13-5-8-3-2-4-10(8)12/h6,8,10H,2-5H2,1H3,(H,13,16)(H,14,15). The van der Waals surface area contributed by atoms with Crippen molar-refractivity contribution < 1.29 is 4.79 Å². The predicted molar refractivity (Wildman–Crippen MR) is 62.6 cm³/mol. The Morgan fingerprint density at radius 3 is 3.06 bits per heavy atom. The first kappa shape index (κ1) is 11.5.